The van der Waals surface area contributed by atoms with E-state index in [2.05, 4.69) is 14.9 Å². The lowest BCUT2D eigenvalue weighted by Crippen LogP contribution is -2.45. The molecule has 0 unspecified atom stereocenters. The lowest BCUT2D eigenvalue weighted by molar-refractivity contribution is -0.126. The topological polar surface area (TPSA) is 75.2 Å². The summed E-state index contributed by atoms with van der Waals surface area (Å²) in [6.45, 7) is 0.243. The molecule has 6 nitrogen and oxygen atoms in total. The van der Waals surface area contributed by atoms with Crippen molar-refractivity contribution in [2.24, 2.45) is 0 Å². The third-order valence-corrected chi connectivity index (χ3v) is 5.70. The summed E-state index contributed by atoms with van der Waals surface area (Å²) in [5.41, 5.74) is 0.991. The minimum Gasteiger partial charge on any atom is -0.350 e. The van der Waals surface area contributed by atoms with E-state index in [4.69, 9.17) is 11.6 Å². The van der Waals surface area contributed by atoms with Crippen LogP contribution in [0.2, 0.25) is 5.02 Å². The highest BCUT2D eigenvalue weighted by molar-refractivity contribution is 7.03. The number of benzene rings is 2. The first-order chi connectivity index (χ1) is 14.6. The van der Waals surface area contributed by atoms with E-state index in [9.17, 15) is 14.0 Å². The van der Waals surface area contributed by atoms with Gasteiger partial charge >= 0.3 is 0 Å². The van der Waals surface area contributed by atoms with Crippen LogP contribution in [-0.4, -0.2) is 32.3 Å². The standard InChI is InChI=1S/C21H18ClFN4O2S/c22-15-7-4-8-16(23)18(15)19(20(28)24-11-13-5-2-1-3-6-13)27(14-9-10-14)21(29)17-12-30-26-25-17/h1-8,12,14,19H,9-11H2,(H,24,28)/t19-/m0/s1. The second-order valence-electron chi connectivity index (χ2n) is 6.98. The van der Waals surface area contributed by atoms with E-state index in [1.165, 1.54) is 28.5 Å². The Hall–Kier alpha value is -2.84. The minimum absolute atomic E-state index is 0.0202. The molecule has 2 amide bonds. The third-order valence-electron chi connectivity index (χ3n) is 4.86. The molecule has 0 aliphatic heterocycles. The fourth-order valence-electron chi connectivity index (χ4n) is 3.29. The number of nitrogens with one attached hydrogen (secondary N) is 1. The summed E-state index contributed by atoms with van der Waals surface area (Å²) in [6.07, 6.45) is 1.44. The molecule has 1 aliphatic rings. The van der Waals surface area contributed by atoms with E-state index >= 15 is 0 Å². The zero-order valence-electron chi connectivity index (χ0n) is 15.8. The van der Waals surface area contributed by atoms with Gasteiger partial charge in [-0.1, -0.05) is 52.5 Å². The van der Waals surface area contributed by atoms with Gasteiger partial charge < -0.3 is 10.2 Å². The molecule has 1 atom stereocenters. The summed E-state index contributed by atoms with van der Waals surface area (Å²) in [6, 6.07) is 12.1. The van der Waals surface area contributed by atoms with Crippen molar-refractivity contribution in [2.45, 2.75) is 31.5 Å². The lowest BCUT2D eigenvalue weighted by atomic mass is 10.0. The van der Waals surface area contributed by atoms with Gasteiger partial charge in [-0.25, -0.2) is 4.39 Å². The average Bonchev–Trinajstić information content (AvgIpc) is 3.43. The average molecular weight is 445 g/mol. The molecule has 4 rings (SSSR count). The highest BCUT2D eigenvalue weighted by Gasteiger charge is 2.44. The smallest absolute Gasteiger partial charge is 0.276 e. The Balaban J connectivity index is 1.71. The zero-order chi connectivity index (χ0) is 21.1. The summed E-state index contributed by atoms with van der Waals surface area (Å²) in [7, 11) is 0. The van der Waals surface area contributed by atoms with Crippen molar-refractivity contribution < 1.29 is 14.0 Å². The van der Waals surface area contributed by atoms with Gasteiger partial charge in [-0.3, -0.25) is 9.59 Å². The molecule has 0 saturated heterocycles. The number of carbonyl (C=O) groups excluding carboxylic acids is 2. The summed E-state index contributed by atoms with van der Waals surface area (Å²) in [4.78, 5) is 27.9. The van der Waals surface area contributed by atoms with Crippen molar-refractivity contribution in [1.82, 2.24) is 19.8 Å². The van der Waals surface area contributed by atoms with Crippen molar-refractivity contribution >= 4 is 34.9 Å². The maximum atomic E-state index is 14.8. The fraction of sp³-hybridized carbons (Fsp3) is 0.238. The monoisotopic (exact) mass is 444 g/mol. The maximum Gasteiger partial charge on any atom is 0.276 e. The quantitative estimate of drug-likeness (QED) is 0.597. The van der Waals surface area contributed by atoms with Crippen LogP contribution in [0.1, 0.15) is 40.5 Å². The molecule has 0 spiro atoms. The van der Waals surface area contributed by atoms with Gasteiger partial charge in [0.2, 0.25) is 5.91 Å². The molecule has 3 aromatic rings. The van der Waals surface area contributed by atoms with Gasteiger partial charge in [-0.05, 0) is 42.1 Å². The molecule has 1 saturated carbocycles. The second kappa shape index (κ2) is 8.89. The predicted molar refractivity (Wildman–Crippen MR) is 112 cm³/mol. The number of aromatic nitrogens is 2. The Morgan fingerprint density at radius 1 is 1.20 bits per heavy atom. The van der Waals surface area contributed by atoms with E-state index in [1.54, 1.807) is 0 Å². The number of carbonyl (C=O) groups is 2. The van der Waals surface area contributed by atoms with Gasteiger partial charge in [0.05, 0.1) is 0 Å². The van der Waals surface area contributed by atoms with Crippen LogP contribution in [0.4, 0.5) is 4.39 Å². The highest BCUT2D eigenvalue weighted by atomic mass is 35.5. The van der Waals surface area contributed by atoms with Crippen LogP contribution in [0.15, 0.2) is 53.9 Å². The molecular formula is C21H18ClFN4O2S. The summed E-state index contributed by atoms with van der Waals surface area (Å²) in [5, 5.41) is 8.26. The normalized spacial score (nSPS) is 14.2. The number of nitrogens with zero attached hydrogens (tertiary/aromatic N) is 3. The molecule has 1 N–H and O–H groups in total. The third kappa shape index (κ3) is 4.34. The van der Waals surface area contributed by atoms with Crippen molar-refractivity contribution in [3.05, 3.63) is 81.6 Å². The van der Waals surface area contributed by atoms with Crippen LogP contribution in [0.25, 0.3) is 0 Å². The summed E-state index contributed by atoms with van der Waals surface area (Å²) >= 11 is 7.34. The molecule has 1 fully saturated rings. The number of rotatable bonds is 7. The van der Waals surface area contributed by atoms with Crippen LogP contribution in [0.5, 0.6) is 0 Å². The Morgan fingerprint density at radius 3 is 2.60 bits per heavy atom. The maximum absolute atomic E-state index is 14.8. The van der Waals surface area contributed by atoms with E-state index in [0.717, 1.165) is 29.9 Å². The van der Waals surface area contributed by atoms with Gasteiger partial charge in [0.1, 0.15) is 11.9 Å². The molecule has 154 valence electrons. The van der Waals surface area contributed by atoms with E-state index < -0.39 is 23.7 Å². The molecule has 9 heteroatoms. The van der Waals surface area contributed by atoms with E-state index in [-0.39, 0.29) is 28.9 Å². The first-order valence-corrected chi connectivity index (χ1v) is 10.6. The largest absolute Gasteiger partial charge is 0.350 e. The molecule has 1 aliphatic carbocycles. The molecule has 0 bridgehead atoms. The Kier molecular flexibility index (Phi) is 6.06. The summed E-state index contributed by atoms with van der Waals surface area (Å²) in [5.74, 6) is -1.61. The number of hydrogen-bond donors (Lipinski definition) is 1. The lowest BCUT2D eigenvalue weighted by Gasteiger charge is -2.31. The van der Waals surface area contributed by atoms with Crippen LogP contribution in [0.3, 0.4) is 0 Å². The molecule has 1 aromatic heterocycles. The molecule has 1 heterocycles. The molecule has 0 radical (unpaired) electrons. The van der Waals surface area contributed by atoms with Crippen LogP contribution in [-0.2, 0) is 11.3 Å². The summed E-state index contributed by atoms with van der Waals surface area (Å²) < 4.78 is 18.6. The van der Waals surface area contributed by atoms with Gasteiger partial charge in [0, 0.05) is 28.6 Å². The van der Waals surface area contributed by atoms with Crippen molar-refractivity contribution in [3.63, 3.8) is 0 Å². The van der Waals surface area contributed by atoms with Crippen LogP contribution >= 0.6 is 23.1 Å². The Bertz CT molecular complexity index is 1020. The minimum atomic E-state index is -1.22. The molecule has 30 heavy (non-hydrogen) atoms. The molecular weight excluding hydrogens is 427 g/mol. The second-order valence-corrected chi connectivity index (χ2v) is 7.99. The number of hydrogen-bond acceptors (Lipinski definition) is 5. The van der Waals surface area contributed by atoms with Gasteiger partial charge in [-0.15, -0.1) is 5.10 Å². The van der Waals surface area contributed by atoms with Crippen molar-refractivity contribution in [3.8, 4) is 0 Å². The number of amides is 2. The highest BCUT2D eigenvalue weighted by Crippen LogP contribution is 2.39. The fourth-order valence-corrected chi connectivity index (χ4v) is 3.98. The molecule has 2 aromatic carbocycles. The van der Waals surface area contributed by atoms with Gasteiger partial charge in [-0.2, -0.15) is 0 Å². The van der Waals surface area contributed by atoms with Gasteiger partial charge in [0.25, 0.3) is 5.91 Å². The van der Waals surface area contributed by atoms with Crippen LogP contribution in [0, 0.1) is 5.82 Å². The Labute approximate surface area is 181 Å². The van der Waals surface area contributed by atoms with Crippen molar-refractivity contribution in [1.29, 1.82) is 0 Å². The van der Waals surface area contributed by atoms with Crippen LogP contribution < -0.4 is 5.32 Å². The first-order valence-electron chi connectivity index (χ1n) is 9.41. The zero-order valence-corrected chi connectivity index (χ0v) is 17.4. The number of halogens is 2. The SMILES string of the molecule is O=C(NCc1ccccc1)[C@H](c1c(F)cccc1Cl)N(C(=O)c1csnn1)C1CC1. The van der Waals surface area contributed by atoms with Gasteiger partial charge in [0.15, 0.2) is 5.69 Å². The van der Waals surface area contributed by atoms with E-state index in [1.807, 2.05) is 30.3 Å². The van der Waals surface area contributed by atoms with E-state index in [0.29, 0.717) is 0 Å². The first kappa shape index (κ1) is 20.4. The van der Waals surface area contributed by atoms with Crippen molar-refractivity contribution in [2.75, 3.05) is 0 Å². The Morgan fingerprint density at radius 2 is 1.97 bits per heavy atom. The predicted octanol–water partition coefficient (Wildman–Crippen LogP) is 3.99.